The summed E-state index contributed by atoms with van der Waals surface area (Å²) in [5.74, 6) is 0. The molecule has 1 atom stereocenters. The third-order valence-corrected chi connectivity index (χ3v) is 3.64. The maximum Gasteiger partial charge on any atom is 0.0626 e. The van der Waals surface area contributed by atoms with Crippen LogP contribution >= 0.6 is 0 Å². The average Bonchev–Trinajstić information content (AvgIpc) is 2.45. The molecule has 0 radical (unpaired) electrons. The van der Waals surface area contributed by atoms with Gasteiger partial charge in [-0.15, -0.1) is 0 Å². The molecule has 100 valence electrons. The van der Waals surface area contributed by atoms with Crippen molar-refractivity contribution in [3.05, 3.63) is 70.8 Å². The van der Waals surface area contributed by atoms with Crippen LogP contribution in [0.25, 0.3) is 0 Å². The summed E-state index contributed by atoms with van der Waals surface area (Å²) in [5.41, 5.74) is 5.03. The van der Waals surface area contributed by atoms with Gasteiger partial charge < -0.3 is 10.4 Å². The molecular formula is C17H21NO. The van der Waals surface area contributed by atoms with Crippen LogP contribution in [0.5, 0.6) is 0 Å². The second-order valence-corrected chi connectivity index (χ2v) is 4.89. The van der Waals surface area contributed by atoms with Crippen LogP contribution in [0, 0.1) is 13.8 Å². The highest BCUT2D eigenvalue weighted by atomic mass is 16.3. The number of aliphatic hydroxyl groups excluding tert-OH is 1. The number of hydrogen-bond acceptors (Lipinski definition) is 2. The van der Waals surface area contributed by atoms with Crippen LogP contribution in [0.2, 0.25) is 0 Å². The number of aryl methyl sites for hydroxylation is 1. The lowest BCUT2D eigenvalue weighted by molar-refractivity contribution is 0.243. The second kappa shape index (κ2) is 6.50. The van der Waals surface area contributed by atoms with Crippen molar-refractivity contribution in [2.24, 2.45) is 0 Å². The summed E-state index contributed by atoms with van der Waals surface area (Å²) in [4.78, 5) is 0. The van der Waals surface area contributed by atoms with Gasteiger partial charge in [0.05, 0.1) is 12.6 Å². The van der Waals surface area contributed by atoms with Crippen LogP contribution in [-0.2, 0) is 6.54 Å². The van der Waals surface area contributed by atoms with Gasteiger partial charge in [0.25, 0.3) is 0 Å². The number of aliphatic hydroxyl groups is 1. The van der Waals surface area contributed by atoms with E-state index in [1.54, 1.807) is 0 Å². The Morgan fingerprint density at radius 3 is 2.42 bits per heavy atom. The van der Waals surface area contributed by atoms with E-state index in [1.165, 1.54) is 16.7 Å². The first-order chi connectivity index (χ1) is 9.22. The summed E-state index contributed by atoms with van der Waals surface area (Å²) in [5, 5.41) is 12.9. The highest BCUT2D eigenvalue weighted by molar-refractivity contribution is 5.33. The van der Waals surface area contributed by atoms with Crippen LogP contribution in [0.1, 0.15) is 28.3 Å². The number of nitrogens with one attached hydrogen (secondary N) is 1. The monoisotopic (exact) mass is 255 g/mol. The fraction of sp³-hybridized carbons (Fsp3) is 0.294. The van der Waals surface area contributed by atoms with Gasteiger partial charge in [-0.1, -0.05) is 48.5 Å². The first-order valence-electron chi connectivity index (χ1n) is 6.66. The molecule has 0 heterocycles. The van der Waals surface area contributed by atoms with Crippen LogP contribution in [-0.4, -0.2) is 11.7 Å². The van der Waals surface area contributed by atoms with Gasteiger partial charge >= 0.3 is 0 Å². The summed E-state index contributed by atoms with van der Waals surface area (Å²) in [6.45, 7) is 5.14. The minimum absolute atomic E-state index is 0.0129. The van der Waals surface area contributed by atoms with E-state index in [1.807, 2.05) is 30.3 Å². The third-order valence-electron chi connectivity index (χ3n) is 3.64. The summed E-state index contributed by atoms with van der Waals surface area (Å²) in [7, 11) is 0. The Balaban J connectivity index is 2.06. The Kier molecular flexibility index (Phi) is 4.72. The van der Waals surface area contributed by atoms with Gasteiger partial charge in [0.2, 0.25) is 0 Å². The summed E-state index contributed by atoms with van der Waals surface area (Å²) >= 11 is 0. The lowest BCUT2D eigenvalue weighted by atomic mass is 10.0. The Morgan fingerprint density at radius 2 is 1.74 bits per heavy atom. The number of benzene rings is 2. The smallest absolute Gasteiger partial charge is 0.0626 e. The van der Waals surface area contributed by atoms with Gasteiger partial charge in [-0.3, -0.25) is 0 Å². The molecule has 0 aliphatic heterocycles. The molecule has 2 nitrogen and oxygen atoms in total. The molecule has 0 saturated heterocycles. The SMILES string of the molecule is Cc1cccc(CNC(CO)c2ccccc2)c1C. The highest BCUT2D eigenvalue weighted by Crippen LogP contribution is 2.16. The van der Waals surface area contributed by atoms with Crippen molar-refractivity contribution < 1.29 is 5.11 Å². The van der Waals surface area contributed by atoms with E-state index in [9.17, 15) is 5.11 Å². The molecule has 2 aromatic carbocycles. The molecule has 0 amide bonds. The number of rotatable bonds is 5. The third kappa shape index (κ3) is 3.43. The first kappa shape index (κ1) is 13.8. The fourth-order valence-electron chi connectivity index (χ4n) is 2.21. The molecular weight excluding hydrogens is 234 g/mol. The Hall–Kier alpha value is -1.64. The van der Waals surface area contributed by atoms with E-state index in [-0.39, 0.29) is 12.6 Å². The predicted octanol–water partition coefficient (Wildman–Crippen LogP) is 3.13. The molecule has 1 unspecified atom stereocenters. The molecule has 2 N–H and O–H groups in total. The van der Waals surface area contributed by atoms with E-state index >= 15 is 0 Å². The lowest BCUT2D eigenvalue weighted by Crippen LogP contribution is -2.24. The van der Waals surface area contributed by atoms with Gasteiger partial charge in [0.15, 0.2) is 0 Å². The van der Waals surface area contributed by atoms with Crippen molar-refractivity contribution in [3.63, 3.8) is 0 Å². The van der Waals surface area contributed by atoms with E-state index in [4.69, 9.17) is 0 Å². The summed E-state index contributed by atoms with van der Waals surface area (Å²) in [6.07, 6.45) is 0. The van der Waals surface area contributed by atoms with Gasteiger partial charge in [-0.05, 0) is 36.1 Å². The van der Waals surface area contributed by atoms with Crippen molar-refractivity contribution in [2.45, 2.75) is 26.4 Å². The normalized spacial score (nSPS) is 12.4. The Morgan fingerprint density at radius 1 is 1.00 bits per heavy atom. The molecule has 0 fully saturated rings. The van der Waals surface area contributed by atoms with Gasteiger partial charge in [-0.25, -0.2) is 0 Å². The fourth-order valence-corrected chi connectivity index (χ4v) is 2.21. The summed E-state index contributed by atoms with van der Waals surface area (Å²) < 4.78 is 0. The highest BCUT2D eigenvalue weighted by Gasteiger charge is 2.09. The van der Waals surface area contributed by atoms with Crippen LogP contribution in [0.15, 0.2) is 48.5 Å². The molecule has 0 aromatic heterocycles. The van der Waals surface area contributed by atoms with E-state index in [0.29, 0.717) is 0 Å². The minimum Gasteiger partial charge on any atom is -0.394 e. The molecule has 2 aromatic rings. The van der Waals surface area contributed by atoms with Crippen LogP contribution in [0.4, 0.5) is 0 Å². The molecule has 0 bridgehead atoms. The van der Waals surface area contributed by atoms with E-state index < -0.39 is 0 Å². The quantitative estimate of drug-likeness (QED) is 0.860. The van der Waals surface area contributed by atoms with Gasteiger partial charge in [0.1, 0.15) is 0 Å². The largest absolute Gasteiger partial charge is 0.394 e. The van der Waals surface area contributed by atoms with Crippen molar-refractivity contribution in [1.29, 1.82) is 0 Å². The zero-order chi connectivity index (χ0) is 13.7. The first-order valence-corrected chi connectivity index (χ1v) is 6.66. The maximum absolute atomic E-state index is 9.52. The molecule has 0 saturated carbocycles. The zero-order valence-electron chi connectivity index (χ0n) is 11.6. The van der Waals surface area contributed by atoms with Gasteiger partial charge in [0, 0.05) is 6.54 Å². The Bertz CT molecular complexity index is 522. The number of hydrogen-bond donors (Lipinski definition) is 2. The van der Waals surface area contributed by atoms with Crippen molar-refractivity contribution in [3.8, 4) is 0 Å². The van der Waals surface area contributed by atoms with E-state index in [0.717, 1.165) is 12.1 Å². The Labute approximate surface area is 115 Å². The van der Waals surface area contributed by atoms with Gasteiger partial charge in [-0.2, -0.15) is 0 Å². The second-order valence-electron chi connectivity index (χ2n) is 4.89. The zero-order valence-corrected chi connectivity index (χ0v) is 11.6. The lowest BCUT2D eigenvalue weighted by Gasteiger charge is -2.18. The standard InChI is InChI=1S/C17H21NO/c1-13-7-6-10-16(14(13)2)11-18-17(12-19)15-8-4-3-5-9-15/h3-10,17-19H,11-12H2,1-2H3. The molecule has 2 rings (SSSR count). The molecule has 0 aliphatic carbocycles. The molecule has 2 heteroatoms. The van der Waals surface area contributed by atoms with Crippen molar-refractivity contribution in [1.82, 2.24) is 5.32 Å². The topological polar surface area (TPSA) is 32.3 Å². The average molecular weight is 255 g/mol. The molecule has 0 aliphatic rings. The minimum atomic E-state index is -0.0129. The van der Waals surface area contributed by atoms with Crippen LogP contribution in [0.3, 0.4) is 0 Å². The molecule has 0 spiro atoms. The summed E-state index contributed by atoms with van der Waals surface area (Å²) in [6, 6.07) is 16.4. The van der Waals surface area contributed by atoms with Crippen LogP contribution < -0.4 is 5.32 Å². The maximum atomic E-state index is 9.52. The van der Waals surface area contributed by atoms with E-state index in [2.05, 4.69) is 37.4 Å². The predicted molar refractivity (Wildman–Crippen MR) is 79.0 cm³/mol. The molecule has 19 heavy (non-hydrogen) atoms. The van der Waals surface area contributed by atoms with Crippen molar-refractivity contribution in [2.75, 3.05) is 6.61 Å². The van der Waals surface area contributed by atoms with Crippen molar-refractivity contribution >= 4 is 0 Å².